The monoisotopic (exact) mass is 188 g/mol. The molecule has 0 amide bonds. The van der Waals surface area contributed by atoms with Crippen molar-refractivity contribution in [1.29, 1.82) is 0 Å². The van der Waals surface area contributed by atoms with Crippen LogP contribution in [0.4, 0.5) is 0 Å². The summed E-state index contributed by atoms with van der Waals surface area (Å²) in [6, 6.07) is 0. The fourth-order valence-electron chi connectivity index (χ4n) is 0.548. The standard InChI is InChI=1S/C8H12O5/c1-2-3-12-5-7(10)6-13-8(11)4-9/h2,4,7,10H,1,3,5-6H2. The maximum atomic E-state index is 10.3. The number of carbonyl (C=O) groups is 2. The minimum Gasteiger partial charge on any atom is -0.457 e. The van der Waals surface area contributed by atoms with E-state index in [1.165, 1.54) is 6.08 Å². The highest BCUT2D eigenvalue weighted by molar-refractivity contribution is 6.20. The van der Waals surface area contributed by atoms with E-state index in [-0.39, 0.29) is 19.5 Å². The number of ether oxygens (including phenoxy) is 2. The van der Waals surface area contributed by atoms with Crippen LogP contribution in [-0.4, -0.2) is 43.3 Å². The maximum Gasteiger partial charge on any atom is 0.371 e. The maximum absolute atomic E-state index is 10.3. The van der Waals surface area contributed by atoms with Crippen LogP contribution >= 0.6 is 0 Å². The van der Waals surface area contributed by atoms with E-state index in [1.54, 1.807) is 0 Å². The van der Waals surface area contributed by atoms with Crippen LogP contribution in [0.5, 0.6) is 0 Å². The van der Waals surface area contributed by atoms with E-state index < -0.39 is 12.1 Å². The van der Waals surface area contributed by atoms with Gasteiger partial charge in [-0.3, -0.25) is 4.79 Å². The molecular weight excluding hydrogens is 176 g/mol. The molecule has 0 aromatic carbocycles. The van der Waals surface area contributed by atoms with Gasteiger partial charge >= 0.3 is 5.97 Å². The van der Waals surface area contributed by atoms with Gasteiger partial charge in [0.25, 0.3) is 0 Å². The number of carbonyl (C=O) groups excluding carboxylic acids is 2. The Morgan fingerprint density at radius 2 is 2.23 bits per heavy atom. The lowest BCUT2D eigenvalue weighted by Crippen LogP contribution is -2.24. The van der Waals surface area contributed by atoms with Crippen molar-refractivity contribution in [2.75, 3.05) is 19.8 Å². The minimum absolute atomic E-state index is 0.0390. The minimum atomic E-state index is -0.997. The predicted molar refractivity (Wildman–Crippen MR) is 44.0 cm³/mol. The summed E-state index contributed by atoms with van der Waals surface area (Å²) >= 11 is 0. The molecule has 0 saturated heterocycles. The van der Waals surface area contributed by atoms with E-state index in [0.717, 1.165) is 0 Å². The Kier molecular flexibility index (Phi) is 6.76. The van der Waals surface area contributed by atoms with E-state index in [9.17, 15) is 9.59 Å². The van der Waals surface area contributed by atoms with Crippen molar-refractivity contribution >= 4 is 12.3 Å². The summed E-state index contributed by atoms with van der Waals surface area (Å²) in [4.78, 5) is 20.1. The van der Waals surface area contributed by atoms with Crippen molar-refractivity contribution in [3.63, 3.8) is 0 Å². The first kappa shape index (κ1) is 11.8. The van der Waals surface area contributed by atoms with Crippen LogP contribution in [0, 0.1) is 0 Å². The number of rotatable bonds is 7. The van der Waals surface area contributed by atoms with Crippen LogP contribution in [0.15, 0.2) is 12.7 Å². The highest BCUT2D eigenvalue weighted by atomic mass is 16.6. The summed E-state index contributed by atoms with van der Waals surface area (Å²) in [5, 5.41) is 9.07. The summed E-state index contributed by atoms with van der Waals surface area (Å²) in [5.74, 6) is -0.997. The Morgan fingerprint density at radius 3 is 2.77 bits per heavy atom. The van der Waals surface area contributed by atoms with E-state index in [1.807, 2.05) is 0 Å². The van der Waals surface area contributed by atoms with Gasteiger partial charge < -0.3 is 14.6 Å². The molecule has 0 bridgehead atoms. The Morgan fingerprint density at radius 1 is 1.54 bits per heavy atom. The third-order valence-corrected chi connectivity index (χ3v) is 1.06. The number of hydrogen-bond donors (Lipinski definition) is 1. The molecule has 0 saturated carbocycles. The summed E-state index contributed by atoms with van der Waals surface area (Å²) < 4.78 is 9.18. The number of aliphatic hydroxyl groups excluding tert-OH is 1. The molecule has 0 fully saturated rings. The molecule has 1 unspecified atom stereocenters. The Bertz CT molecular complexity index is 177. The molecule has 0 aliphatic carbocycles. The summed E-state index contributed by atoms with van der Waals surface area (Å²) in [6.45, 7) is 3.52. The Balaban J connectivity index is 3.39. The summed E-state index contributed by atoms with van der Waals surface area (Å²) in [6.07, 6.45) is 0.658. The van der Waals surface area contributed by atoms with Crippen LogP contribution in [0.1, 0.15) is 0 Å². The number of aliphatic hydroxyl groups is 1. The quantitative estimate of drug-likeness (QED) is 0.188. The fourth-order valence-corrected chi connectivity index (χ4v) is 0.548. The molecule has 0 heterocycles. The van der Waals surface area contributed by atoms with Crippen LogP contribution in [-0.2, 0) is 19.1 Å². The van der Waals surface area contributed by atoms with Gasteiger partial charge in [-0.05, 0) is 0 Å². The van der Waals surface area contributed by atoms with Gasteiger partial charge in [0.2, 0.25) is 6.29 Å². The first-order chi connectivity index (χ1) is 6.20. The third-order valence-electron chi connectivity index (χ3n) is 1.06. The van der Waals surface area contributed by atoms with Crippen molar-refractivity contribution in [2.24, 2.45) is 0 Å². The van der Waals surface area contributed by atoms with E-state index in [0.29, 0.717) is 6.61 Å². The first-order valence-corrected chi connectivity index (χ1v) is 3.69. The van der Waals surface area contributed by atoms with E-state index >= 15 is 0 Å². The van der Waals surface area contributed by atoms with Crippen LogP contribution in [0.25, 0.3) is 0 Å². The molecule has 0 aliphatic rings. The van der Waals surface area contributed by atoms with Crippen LogP contribution in [0.3, 0.4) is 0 Å². The smallest absolute Gasteiger partial charge is 0.371 e. The number of esters is 1. The molecule has 0 aromatic heterocycles. The molecule has 1 N–H and O–H groups in total. The van der Waals surface area contributed by atoms with Gasteiger partial charge in [0.05, 0.1) is 13.2 Å². The molecule has 1 atom stereocenters. The highest BCUT2D eigenvalue weighted by Gasteiger charge is 2.07. The molecule has 5 nitrogen and oxygen atoms in total. The van der Waals surface area contributed by atoms with Gasteiger partial charge in [-0.1, -0.05) is 6.08 Å². The zero-order chi connectivity index (χ0) is 10.1. The van der Waals surface area contributed by atoms with Crippen LogP contribution < -0.4 is 0 Å². The molecule has 0 spiro atoms. The fraction of sp³-hybridized carbons (Fsp3) is 0.500. The normalized spacial score (nSPS) is 11.8. The average molecular weight is 188 g/mol. The number of aldehydes is 1. The second-order valence-corrected chi connectivity index (χ2v) is 2.23. The molecular formula is C8H12O5. The topological polar surface area (TPSA) is 72.8 Å². The molecule has 0 aliphatic heterocycles. The summed E-state index contributed by atoms with van der Waals surface area (Å²) in [5.41, 5.74) is 0. The van der Waals surface area contributed by atoms with Crippen molar-refractivity contribution in [3.05, 3.63) is 12.7 Å². The largest absolute Gasteiger partial charge is 0.457 e. The molecule has 5 heteroatoms. The second kappa shape index (κ2) is 7.45. The van der Waals surface area contributed by atoms with Gasteiger partial charge in [-0.2, -0.15) is 0 Å². The SMILES string of the molecule is C=CCOCC(O)COC(=O)C=O. The van der Waals surface area contributed by atoms with Crippen LogP contribution in [0.2, 0.25) is 0 Å². The molecule has 13 heavy (non-hydrogen) atoms. The lowest BCUT2D eigenvalue weighted by molar-refractivity contribution is -0.151. The first-order valence-electron chi connectivity index (χ1n) is 3.69. The van der Waals surface area contributed by atoms with Gasteiger partial charge in [0.1, 0.15) is 12.7 Å². The highest BCUT2D eigenvalue weighted by Crippen LogP contribution is 1.87. The molecule has 0 radical (unpaired) electrons. The zero-order valence-electron chi connectivity index (χ0n) is 7.14. The van der Waals surface area contributed by atoms with Crippen molar-refractivity contribution in [1.82, 2.24) is 0 Å². The Labute approximate surface area is 75.9 Å². The lowest BCUT2D eigenvalue weighted by atomic mass is 10.4. The van der Waals surface area contributed by atoms with E-state index in [2.05, 4.69) is 11.3 Å². The van der Waals surface area contributed by atoms with Crippen molar-refractivity contribution < 1.29 is 24.2 Å². The summed E-state index contributed by atoms with van der Waals surface area (Å²) in [7, 11) is 0. The Hall–Kier alpha value is -1.20. The molecule has 74 valence electrons. The lowest BCUT2D eigenvalue weighted by Gasteiger charge is -2.09. The van der Waals surface area contributed by atoms with Gasteiger partial charge in [0.15, 0.2) is 0 Å². The number of hydrogen-bond acceptors (Lipinski definition) is 5. The zero-order valence-corrected chi connectivity index (χ0v) is 7.14. The van der Waals surface area contributed by atoms with Gasteiger partial charge in [0, 0.05) is 0 Å². The van der Waals surface area contributed by atoms with Gasteiger partial charge in [-0.25, -0.2) is 4.79 Å². The van der Waals surface area contributed by atoms with Gasteiger partial charge in [-0.15, -0.1) is 6.58 Å². The van der Waals surface area contributed by atoms with Crippen molar-refractivity contribution in [2.45, 2.75) is 6.10 Å². The van der Waals surface area contributed by atoms with Crippen molar-refractivity contribution in [3.8, 4) is 0 Å². The predicted octanol–water partition coefficient (Wildman–Crippen LogP) is -0.708. The molecule has 0 aromatic rings. The average Bonchev–Trinajstić information content (AvgIpc) is 2.14. The second-order valence-electron chi connectivity index (χ2n) is 2.23. The third kappa shape index (κ3) is 7.17. The molecule has 0 rings (SSSR count). The van der Waals surface area contributed by atoms with E-state index in [4.69, 9.17) is 9.84 Å².